The molecule has 2 N–H and O–H groups in total. The number of nitrogens with zero attached hydrogens (tertiary/aromatic N) is 1. The zero-order valence-corrected chi connectivity index (χ0v) is 11.2. The summed E-state index contributed by atoms with van der Waals surface area (Å²) in [5, 5.41) is 18.8. The van der Waals surface area contributed by atoms with Crippen molar-refractivity contribution in [2.45, 2.75) is 38.4 Å². The molecule has 4 nitrogen and oxygen atoms in total. The highest BCUT2D eigenvalue weighted by Crippen LogP contribution is 2.13. The van der Waals surface area contributed by atoms with Crippen LogP contribution in [-0.4, -0.2) is 46.3 Å². The Hall–Kier alpha value is -1.39. The SMILES string of the molecule is CCc1ccc(CCC(=O)N2CC(O)C(O)C2)cc1. The molecule has 2 rings (SSSR count). The molecule has 2 unspecified atom stereocenters. The lowest BCUT2D eigenvalue weighted by molar-refractivity contribution is -0.130. The average Bonchev–Trinajstić information content (AvgIpc) is 2.77. The highest BCUT2D eigenvalue weighted by atomic mass is 16.3. The molecule has 0 aliphatic carbocycles. The molecule has 0 bridgehead atoms. The fourth-order valence-corrected chi connectivity index (χ4v) is 2.32. The third kappa shape index (κ3) is 3.55. The summed E-state index contributed by atoms with van der Waals surface area (Å²) in [7, 11) is 0. The number of benzene rings is 1. The number of amides is 1. The predicted octanol–water partition coefficient (Wildman–Crippen LogP) is 0.746. The first-order chi connectivity index (χ1) is 9.10. The first-order valence-corrected chi connectivity index (χ1v) is 6.82. The van der Waals surface area contributed by atoms with Gasteiger partial charge in [-0.15, -0.1) is 0 Å². The lowest BCUT2D eigenvalue weighted by Crippen LogP contribution is -2.29. The number of rotatable bonds is 4. The number of β-amino-alcohol motifs (C(OH)–C–C–N with tert-alkyl or cyclic N) is 2. The van der Waals surface area contributed by atoms with Gasteiger partial charge in [0.2, 0.25) is 5.91 Å². The highest BCUT2D eigenvalue weighted by molar-refractivity contribution is 5.76. The second-order valence-electron chi connectivity index (χ2n) is 5.10. The van der Waals surface area contributed by atoms with Crippen molar-refractivity contribution in [3.63, 3.8) is 0 Å². The minimum absolute atomic E-state index is 0.00447. The van der Waals surface area contributed by atoms with E-state index < -0.39 is 12.2 Å². The lowest BCUT2D eigenvalue weighted by atomic mass is 10.1. The molecule has 4 heteroatoms. The molecule has 1 fully saturated rings. The molecule has 104 valence electrons. The van der Waals surface area contributed by atoms with Crippen LogP contribution in [0.4, 0.5) is 0 Å². The normalized spacial score (nSPS) is 22.8. The van der Waals surface area contributed by atoms with Gasteiger partial charge in [-0.3, -0.25) is 4.79 Å². The Balaban J connectivity index is 1.83. The van der Waals surface area contributed by atoms with E-state index in [1.807, 2.05) is 0 Å². The van der Waals surface area contributed by atoms with E-state index in [1.165, 1.54) is 10.5 Å². The maximum absolute atomic E-state index is 11.9. The van der Waals surface area contributed by atoms with Crippen molar-refractivity contribution in [3.8, 4) is 0 Å². The van der Waals surface area contributed by atoms with Gasteiger partial charge in [-0.25, -0.2) is 0 Å². The molecule has 1 saturated heterocycles. The zero-order chi connectivity index (χ0) is 13.8. The molecule has 1 amide bonds. The maximum Gasteiger partial charge on any atom is 0.223 e. The van der Waals surface area contributed by atoms with Crippen LogP contribution in [0.2, 0.25) is 0 Å². The third-order valence-electron chi connectivity index (χ3n) is 3.67. The maximum atomic E-state index is 11.9. The van der Waals surface area contributed by atoms with Gasteiger partial charge < -0.3 is 15.1 Å². The summed E-state index contributed by atoms with van der Waals surface area (Å²) in [6, 6.07) is 8.28. The Morgan fingerprint density at radius 1 is 1.16 bits per heavy atom. The smallest absolute Gasteiger partial charge is 0.223 e. The van der Waals surface area contributed by atoms with Crippen molar-refractivity contribution in [3.05, 3.63) is 35.4 Å². The number of likely N-dealkylation sites (tertiary alicyclic amines) is 1. The predicted molar refractivity (Wildman–Crippen MR) is 72.7 cm³/mol. The summed E-state index contributed by atoms with van der Waals surface area (Å²) < 4.78 is 0. The molecule has 19 heavy (non-hydrogen) atoms. The number of carbonyl (C=O) groups excluding carboxylic acids is 1. The van der Waals surface area contributed by atoms with E-state index >= 15 is 0 Å². The van der Waals surface area contributed by atoms with Crippen LogP contribution in [0.15, 0.2) is 24.3 Å². The van der Waals surface area contributed by atoms with E-state index in [4.69, 9.17) is 0 Å². The van der Waals surface area contributed by atoms with Crippen LogP contribution >= 0.6 is 0 Å². The number of hydrogen-bond donors (Lipinski definition) is 2. The third-order valence-corrected chi connectivity index (χ3v) is 3.67. The molecule has 1 aliphatic heterocycles. The van der Waals surface area contributed by atoms with Crippen LogP contribution in [0.3, 0.4) is 0 Å². The van der Waals surface area contributed by atoms with Crippen molar-refractivity contribution in [1.29, 1.82) is 0 Å². The number of hydrogen-bond acceptors (Lipinski definition) is 3. The van der Waals surface area contributed by atoms with Crippen LogP contribution in [0.25, 0.3) is 0 Å². The van der Waals surface area contributed by atoms with Gasteiger partial charge in [0.15, 0.2) is 0 Å². The highest BCUT2D eigenvalue weighted by Gasteiger charge is 2.31. The Morgan fingerprint density at radius 2 is 1.68 bits per heavy atom. The van der Waals surface area contributed by atoms with Gasteiger partial charge in [0, 0.05) is 19.5 Å². The average molecular weight is 263 g/mol. The van der Waals surface area contributed by atoms with Crippen molar-refractivity contribution in [2.75, 3.05) is 13.1 Å². The molecule has 0 spiro atoms. The Kier molecular flexibility index (Phi) is 4.56. The molecule has 0 radical (unpaired) electrons. The van der Waals surface area contributed by atoms with E-state index in [2.05, 4.69) is 31.2 Å². The monoisotopic (exact) mass is 263 g/mol. The fourth-order valence-electron chi connectivity index (χ4n) is 2.32. The molecule has 0 aromatic heterocycles. The van der Waals surface area contributed by atoms with E-state index in [1.54, 1.807) is 0 Å². The standard InChI is InChI=1S/C15H21NO3/c1-2-11-3-5-12(6-4-11)7-8-15(19)16-9-13(17)14(18)10-16/h3-6,13-14,17-18H,2,7-10H2,1H3. The summed E-state index contributed by atoms with van der Waals surface area (Å²) in [5.74, 6) is -0.00447. The van der Waals surface area contributed by atoms with Crippen LogP contribution in [0, 0.1) is 0 Å². The Labute approximate surface area is 113 Å². The van der Waals surface area contributed by atoms with Gasteiger partial charge in [-0.2, -0.15) is 0 Å². The van der Waals surface area contributed by atoms with E-state index in [-0.39, 0.29) is 19.0 Å². The second-order valence-corrected chi connectivity index (χ2v) is 5.10. The van der Waals surface area contributed by atoms with Crippen LogP contribution < -0.4 is 0 Å². The van der Waals surface area contributed by atoms with E-state index in [0.29, 0.717) is 12.8 Å². The Bertz CT molecular complexity index is 420. The summed E-state index contributed by atoms with van der Waals surface area (Å²) in [6.07, 6.45) is 0.541. The number of aryl methyl sites for hydroxylation is 2. The van der Waals surface area contributed by atoms with Crippen LogP contribution in [0.1, 0.15) is 24.5 Å². The van der Waals surface area contributed by atoms with Crippen LogP contribution in [-0.2, 0) is 17.6 Å². The topological polar surface area (TPSA) is 60.8 Å². The van der Waals surface area contributed by atoms with Gasteiger partial charge in [-0.1, -0.05) is 31.2 Å². The van der Waals surface area contributed by atoms with Gasteiger partial charge >= 0.3 is 0 Å². The van der Waals surface area contributed by atoms with Gasteiger partial charge in [0.05, 0.1) is 12.2 Å². The molecule has 1 heterocycles. The quantitative estimate of drug-likeness (QED) is 0.842. The number of aliphatic hydroxyl groups is 2. The molecule has 1 aromatic carbocycles. The lowest BCUT2D eigenvalue weighted by Gasteiger charge is -2.15. The first kappa shape index (κ1) is 14.0. The number of aliphatic hydroxyl groups excluding tert-OH is 2. The summed E-state index contributed by atoms with van der Waals surface area (Å²) in [4.78, 5) is 13.5. The fraction of sp³-hybridized carbons (Fsp3) is 0.533. The van der Waals surface area contributed by atoms with Gasteiger partial charge in [0.1, 0.15) is 0 Å². The van der Waals surface area contributed by atoms with E-state index in [9.17, 15) is 15.0 Å². The molecule has 2 atom stereocenters. The summed E-state index contributed by atoms with van der Waals surface area (Å²) in [6.45, 7) is 2.60. The molecule has 0 saturated carbocycles. The van der Waals surface area contributed by atoms with Gasteiger partial charge in [-0.05, 0) is 24.0 Å². The largest absolute Gasteiger partial charge is 0.388 e. The Morgan fingerprint density at radius 3 is 2.21 bits per heavy atom. The van der Waals surface area contributed by atoms with Crippen molar-refractivity contribution in [1.82, 2.24) is 4.90 Å². The van der Waals surface area contributed by atoms with E-state index in [0.717, 1.165) is 12.0 Å². The summed E-state index contributed by atoms with van der Waals surface area (Å²) >= 11 is 0. The minimum Gasteiger partial charge on any atom is -0.388 e. The van der Waals surface area contributed by atoms with Crippen molar-refractivity contribution in [2.24, 2.45) is 0 Å². The molecule has 1 aliphatic rings. The molecular formula is C15H21NO3. The first-order valence-electron chi connectivity index (χ1n) is 6.82. The zero-order valence-electron chi connectivity index (χ0n) is 11.2. The van der Waals surface area contributed by atoms with Crippen LogP contribution in [0.5, 0.6) is 0 Å². The van der Waals surface area contributed by atoms with Crippen molar-refractivity contribution < 1.29 is 15.0 Å². The minimum atomic E-state index is -0.798. The molecular weight excluding hydrogens is 242 g/mol. The van der Waals surface area contributed by atoms with Gasteiger partial charge in [0.25, 0.3) is 0 Å². The molecule has 1 aromatic rings. The summed E-state index contributed by atoms with van der Waals surface area (Å²) in [5.41, 5.74) is 2.44. The second kappa shape index (κ2) is 6.17. The van der Waals surface area contributed by atoms with Crippen molar-refractivity contribution >= 4 is 5.91 Å². The number of carbonyl (C=O) groups is 1.